The molecule has 5 nitrogen and oxygen atoms in total. The number of benzene rings is 2. The number of ether oxygens (including phenoxy) is 1. The summed E-state index contributed by atoms with van der Waals surface area (Å²) in [6.45, 7) is 7.21. The number of guanidine groups is 1. The summed E-state index contributed by atoms with van der Waals surface area (Å²) >= 11 is 0. The van der Waals surface area contributed by atoms with Gasteiger partial charge < -0.3 is 20.3 Å². The molecule has 0 aromatic heterocycles. The minimum Gasteiger partial charge on any atom is -0.489 e. The van der Waals surface area contributed by atoms with Crippen molar-refractivity contribution in [3.8, 4) is 5.75 Å². The molecular formula is C25H36N4O. The Labute approximate surface area is 181 Å². The summed E-state index contributed by atoms with van der Waals surface area (Å²) in [4.78, 5) is 4.38. The molecule has 3 N–H and O–H groups in total. The Hall–Kier alpha value is -2.53. The molecule has 1 unspecified atom stereocenters. The monoisotopic (exact) mass is 408 g/mol. The number of nitrogens with one attached hydrogen (secondary N) is 1. The summed E-state index contributed by atoms with van der Waals surface area (Å²) in [5.74, 6) is 1.44. The average Bonchev–Trinajstić information content (AvgIpc) is 2.79. The third-order valence-corrected chi connectivity index (χ3v) is 5.89. The van der Waals surface area contributed by atoms with Crippen molar-refractivity contribution in [3.05, 3.63) is 59.7 Å². The zero-order valence-corrected chi connectivity index (χ0v) is 18.4. The maximum atomic E-state index is 8.93. The second-order valence-corrected chi connectivity index (χ2v) is 8.14. The summed E-state index contributed by atoms with van der Waals surface area (Å²) in [6, 6.07) is 17.0. The Kier molecular flexibility index (Phi) is 8.14. The van der Waals surface area contributed by atoms with Crippen LogP contribution in [0.15, 0.2) is 48.5 Å². The SMILES string of the molecule is CCC1CCCCN1C(=N)N(CCCN)c1ccc(OCc2ccc(C)cc2)cc1. The molecule has 0 spiro atoms. The van der Waals surface area contributed by atoms with E-state index in [1.807, 2.05) is 12.1 Å². The molecule has 1 fully saturated rings. The number of aryl methyl sites for hydroxylation is 1. The number of hydrogen-bond acceptors (Lipinski definition) is 3. The Morgan fingerprint density at radius 2 is 1.87 bits per heavy atom. The highest BCUT2D eigenvalue weighted by Gasteiger charge is 2.26. The largest absolute Gasteiger partial charge is 0.489 e. The van der Waals surface area contributed by atoms with Gasteiger partial charge in [0, 0.05) is 24.8 Å². The number of hydrogen-bond donors (Lipinski definition) is 2. The van der Waals surface area contributed by atoms with E-state index in [1.54, 1.807) is 0 Å². The fraction of sp³-hybridized carbons (Fsp3) is 0.480. The van der Waals surface area contributed by atoms with Gasteiger partial charge in [0.05, 0.1) is 0 Å². The number of piperidine rings is 1. The first kappa shape index (κ1) is 22.2. The topological polar surface area (TPSA) is 65.6 Å². The van der Waals surface area contributed by atoms with Crippen LogP contribution in [0.4, 0.5) is 5.69 Å². The van der Waals surface area contributed by atoms with Crippen molar-refractivity contribution < 1.29 is 4.74 Å². The summed E-state index contributed by atoms with van der Waals surface area (Å²) < 4.78 is 5.96. The summed E-state index contributed by atoms with van der Waals surface area (Å²) in [5, 5.41) is 8.93. The lowest BCUT2D eigenvalue weighted by Gasteiger charge is -2.41. The van der Waals surface area contributed by atoms with Gasteiger partial charge >= 0.3 is 0 Å². The normalized spacial score (nSPS) is 16.4. The van der Waals surface area contributed by atoms with E-state index in [9.17, 15) is 0 Å². The summed E-state index contributed by atoms with van der Waals surface area (Å²) in [7, 11) is 0. The Morgan fingerprint density at radius 3 is 2.53 bits per heavy atom. The second kappa shape index (κ2) is 11.0. The van der Waals surface area contributed by atoms with E-state index < -0.39 is 0 Å². The fourth-order valence-electron chi connectivity index (χ4n) is 4.04. The molecule has 1 saturated heterocycles. The van der Waals surface area contributed by atoms with E-state index in [0.29, 0.717) is 25.2 Å². The van der Waals surface area contributed by atoms with Crippen LogP contribution in [0.3, 0.4) is 0 Å². The third-order valence-electron chi connectivity index (χ3n) is 5.89. The van der Waals surface area contributed by atoms with Crippen LogP contribution < -0.4 is 15.4 Å². The highest BCUT2D eigenvalue weighted by atomic mass is 16.5. The Balaban J connectivity index is 1.69. The maximum absolute atomic E-state index is 8.93. The van der Waals surface area contributed by atoms with Crippen LogP contribution in [0, 0.1) is 12.3 Å². The van der Waals surface area contributed by atoms with Crippen molar-refractivity contribution >= 4 is 11.6 Å². The van der Waals surface area contributed by atoms with Gasteiger partial charge in [-0.3, -0.25) is 5.41 Å². The molecular weight excluding hydrogens is 372 g/mol. The van der Waals surface area contributed by atoms with Gasteiger partial charge in [0.25, 0.3) is 0 Å². The molecule has 162 valence electrons. The first-order valence-electron chi connectivity index (χ1n) is 11.2. The minimum absolute atomic E-state index is 0.462. The molecule has 3 rings (SSSR count). The van der Waals surface area contributed by atoms with Gasteiger partial charge in [-0.2, -0.15) is 0 Å². The van der Waals surface area contributed by atoms with Gasteiger partial charge in [-0.25, -0.2) is 0 Å². The predicted molar refractivity (Wildman–Crippen MR) is 125 cm³/mol. The van der Waals surface area contributed by atoms with Gasteiger partial charge in [-0.15, -0.1) is 0 Å². The van der Waals surface area contributed by atoms with E-state index in [1.165, 1.54) is 18.4 Å². The zero-order chi connectivity index (χ0) is 21.3. The molecule has 1 heterocycles. The van der Waals surface area contributed by atoms with Crippen LogP contribution in [0.5, 0.6) is 5.75 Å². The number of rotatable bonds is 8. The lowest BCUT2D eigenvalue weighted by atomic mass is 10.0. The van der Waals surface area contributed by atoms with E-state index in [4.69, 9.17) is 15.9 Å². The van der Waals surface area contributed by atoms with Crippen LogP contribution >= 0.6 is 0 Å². The molecule has 30 heavy (non-hydrogen) atoms. The standard InChI is InChI=1S/C25H36N4O/c1-3-22-7-4-5-17-28(22)25(27)29(18-6-16-26)23-12-14-24(15-13-23)30-19-21-10-8-20(2)9-11-21/h8-15,22,27H,3-7,16-19,26H2,1-2H3. The lowest BCUT2D eigenvalue weighted by molar-refractivity contribution is 0.230. The zero-order valence-electron chi connectivity index (χ0n) is 18.4. The van der Waals surface area contributed by atoms with Gasteiger partial charge in [0.2, 0.25) is 0 Å². The van der Waals surface area contributed by atoms with Crippen molar-refractivity contribution in [2.75, 3.05) is 24.5 Å². The molecule has 0 radical (unpaired) electrons. The fourth-order valence-corrected chi connectivity index (χ4v) is 4.04. The van der Waals surface area contributed by atoms with E-state index in [0.717, 1.165) is 49.4 Å². The minimum atomic E-state index is 0.462. The van der Waals surface area contributed by atoms with Gasteiger partial charge in [-0.1, -0.05) is 36.8 Å². The van der Waals surface area contributed by atoms with Crippen LogP contribution in [0.25, 0.3) is 0 Å². The smallest absolute Gasteiger partial charge is 0.198 e. The van der Waals surface area contributed by atoms with Crippen LogP contribution in [0.2, 0.25) is 0 Å². The Bertz CT molecular complexity index is 788. The average molecular weight is 409 g/mol. The van der Waals surface area contributed by atoms with Gasteiger partial charge in [-0.05, 0) is 75.4 Å². The molecule has 0 amide bonds. The van der Waals surface area contributed by atoms with Crippen molar-refractivity contribution in [1.82, 2.24) is 4.90 Å². The molecule has 0 aliphatic carbocycles. The third kappa shape index (κ3) is 5.76. The summed E-state index contributed by atoms with van der Waals surface area (Å²) in [6.07, 6.45) is 5.54. The Morgan fingerprint density at radius 1 is 1.13 bits per heavy atom. The van der Waals surface area contributed by atoms with Crippen LogP contribution in [-0.2, 0) is 6.61 Å². The van der Waals surface area contributed by atoms with E-state index in [2.05, 4.69) is 60.0 Å². The molecule has 2 aromatic carbocycles. The molecule has 0 saturated carbocycles. The van der Waals surface area contributed by atoms with Gasteiger partial charge in [0.1, 0.15) is 12.4 Å². The number of likely N-dealkylation sites (tertiary alicyclic amines) is 1. The number of nitrogens with zero attached hydrogens (tertiary/aromatic N) is 2. The maximum Gasteiger partial charge on any atom is 0.198 e. The molecule has 2 aromatic rings. The first-order chi connectivity index (χ1) is 14.6. The van der Waals surface area contributed by atoms with Crippen molar-refractivity contribution in [3.63, 3.8) is 0 Å². The quantitative estimate of drug-likeness (QED) is 0.480. The van der Waals surface area contributed by atoms with Crippen molar-refractivity contribution in [2.24, 2.45) is 5.73 Å². The number of nitrogens with two attached hydrogens (primary N) is 1. The lowest BCUT2D eigenvalue weighted by Crippen LogP contribution is -2.51. The molecule has 0 bridgehead atoms. The first-order valence-corrected chi connectivity index (χ1v) is 11.2. The number of anilines is 1. The molecule has 1 aliphatic rings. The van der Waals surface area contributed by atoms with E-state index >= 15 is 0 Å². The highest BCUT2D eigenvalue weighted by Crippen LogP contribution is 2.25. The molecule has 5 heteroatoms. The van der Waals surface area contributed by atoms with Crippen molar-refractivity contribution in [2.45, 2.75) is 58.6 Å². The van der Waals surface area contributed by atoms with E-state index in [-0.39, 0.29) is 0 Å². The molecule has 1 atom stereocenters. The highest BCUT2D eigenvalue weighted by molar-refractivity contribution is 5.94. The van der Waals surface area contributed by atoms with Gasteiger partial charge in [0.15, 0.2) is 5.96 Å². The predicted octanol–water partition coefficient (Wildman–Crippen LogP) is 4.93. The summed E-state index contributed by atoms with van der Waals surface area (Å²) in [5.41, 5.74) is 9.22. The molecule has 1 aliphatic heterocycles. The van der Waals surface area contributed by atoms with Crippen LogP contribution in [-0.4, -0.2) is 36.5 Å². The van der Waals surface area contributed by atoms with Crippen molar-refractivity contribution in [1.29, 1.82) is 5.41 Å². The second-order valence-electron chi connectivity index (χ2n) is 8.14. The van der Waals surface area contributed by atoms with Crippen LogP contribution in [0.1, 0.15) is 50.2 Å².